The maximum Gasteiger partial charge on any atom is 0.277 e. The van der Waals surface area contributed by atoms with Crippen LogP contribution in [0.15, 0.2) is 53.1 Å². The second kappa shape index (κ2) is 9.52. The Hall–Kier alpha value is -3.22. The zero-order chi connectivity index (χ0) is 21.6. The van der Waals surface area contributed by atoms with E-state index in [0.29, 0.717) is 23.8 Å². The molecule has 12 heteroatoms. The molecule has 2 amide bonds. The quantitative estimate of drug-likeness (QED) is 0.460. The number of carbonyl (C=O) groups excluding carboxylic acids is 2. The van der Waals surface area contributed by atoms with Crippen molar-refractivity contribution in [1.82, 2.24) is 20.3 Å². The van der Waals surface area contributed by atoms with Crippen LogP contribution in [0.5, 0.6) is 0 Å². The topological polar surface area (TPSA) is 157 Å². The first-order chi connectivity index (χ1) is 14.3. The van der Waals surface area contributed by atoms with Crippen molar-refractivity contribution in [1.29, 1.82) is 0 Å². The van der Waals surface area contributed by atoms with Gasteiger partial charge in [-0.15, -0.1) is 11.3 Å². The standard InChI is InChI=1S/C18H18N6O4S2/c19-30(27,28)14-3-1-12(2-4-14)5-6-22-16(25)9-13-11-29-18(23-13)24-17(26)15-10-20-7-8-21-15/h1-4,7-8,10-11H,5-6,9H2,(H,22,25)(H2,19,27,28)(H,23,24,26). The monoisotopic (exact) mass is 446 g/mol. The van der Waals surface area contributed by atoms with Gasteiger partial charge in [-0.05, 0) is 24.1 Å². The van der Waals surface area contributed by atoms with Crippen molar-refractivity contribution < 1.29 is 18.0 Å². The summed E-state index contributed by atoms with van der Waals surface area (Å²) in [5.74, 6) is -0.643. The fourth-order valence-corrected chi connectivity index (χ4v) is 3.66. The van der Waals surface area contributed by atoms with Crippen LogP contribution in [0, 0.1) is 0 Å². The summed E-state index contributed by atoms with van der Waals surface area (Å²) in [6.07, 6.45) is 4.84. The number of carbonyl (C=O) groups is 2. The molecule has 10 nitrogen and oxygen atoms in total. The van der Waals surface area contributed by atoms with Crippen molar-refractivity contribution in [2.24, 2.45) is 5.14 Å². The maximum absolute atomic E-state index is 12.1. The molecule has 3 rings (SSSR count). The molecule has 2 heterocycles. The van der Waals surface area contributed by atoms with Crippen LogP contribution in [0.4, 0.5) is 5.13 Å². The lowest BCUT2D eigenvalue weighted by Gasteiger charge is -2.05. The summed E-state index contributed by atoms with van der Waals surface area (Å²) in [5, 5.41) is 12.5. The Morgan fingerprint density at radius 1 is 1.13 bits per heavy atom. The lowest BCUT2D eigenvalue weighted by Crippen LogP contribution is -2.27. The third-order valence-electron chi connectivity index (χ3n) is 3.90. The lowest BCUT2D eigenvalue weighted by molar-refractivity contribution is -0.120. The smallest absolute Gasteiger partial charge is 0.277 e. The normalized spacial score (nSPS) is 11.1. The summed E-state index contributed by atoms with van der Waals surface area (Å²) < 4.78 is 22.5. The number of rotatable bonds is 8. The van der Waals surface area contributed by atoms with Crippen LogP contribution in [0.25, 0.3) is 0 Å². The number of nitrogens with two attached hydrogens (primary N) is 1. The van der Waals surface area contributed by atoms with E-state index in [1.165, 1.54) is 42.1 Å². The molecule has 0 aliphatic rings. The molecule has 0 spiro atoms. The number of nitrogens with zero attached hydrogens (tertiary/aromatic N) is 3. The first-order valence-electron chi connectivity index (χ1n) is 8.71. The first-order valence-corrected chi connectivity index (χ1v) is 11.1. The summed E-state index contributed by atoms with van der Waals surface area (Å²) in [6.45, 7) is 0.383. The van der Waals surface area contributed by atoms with Crippen LogP contribution in [-0.4, -0.2) is 41.7 Å². The van der Waals surface area contributed by atoms with E-state index in [4.69, 9.17) is 5.14 Å². The van der Waals surface area contributed by atoms with Crippen molar-refractivity contribution in [3.05, 3.63) is 65.2 Å². The molecule has 0 radical (unpaired) electrons. The van der Waals surface area contributed by atoms with Gasteiger partial charge in [-0.2, -0.15) is 0 Å². The van der Waals surface area contributed by atoms with E-state index >= 15 is 0 Å². The Balaban J connectivity index is 1.45. The molecule has 2 aromatic heterocycles. The fraction of sp³-hybridized carbons (Fsp3) is 0.167. The van der Waals surface area contributed by atoms with Gasteiger partial charge < -0.3 is 5.32 Å². The van der Waals surface area contributed by atoms with Crippen LogP contribution < -0.4 is 15.8 Å². The molecular formula is C18H18N6O4S2. The Labute approximate surface area is 176 Å². The molecule has 30 heavy (non-hydrogen) atoms. The second-order valence-electron chi connectivity index (χ2n) is 6.15. The van der Waals surface area contributed by atoms with Gasteiger partial charge >= 0.3 is 0 Å². The molecular weight excluding hydrogens is 428 g/mol. The SMILES string of the molecule is NS(=O)(=O)c1ccc(CCNC(=O)Cc2csc(NC(=O)c3cnccn3)n2)cc1. The first kappa shape index (κ1) is 21.5. The largest absolute Gasteiger partial charge is 0.355 e. The Bertz CT molecular complexity index is 1130. The third kappa shape index (κ3) is 6.14. The van der Waals surface area contributed by atoms with Gasteiger partial charge in [0.25, 0.3) is 5.91 Å². The number of sulfonamides is 1. The number of primary sulfonamides is 1. The van der Waals surface area contributed by atoms with Gasteiger partial charge in [0.2, 0.25) is 15.9 Å². The van der Waals surface area contributed by atoms with Crippen molar-refractivity contribution in [2.45, 2.75) is 17.7 Å². The van der Waals surface area contributed by atoms with Gasteiger partial charge in [0.05, 0.1) is 23.2 Å². The zero-order valence-corrected chi connectivity index (χ0v) is 17.2. The molecule has 156 valence electrons. The zero-order valence-electron chi connectivity index (χ0n) is 15.6. The van der Waals surface area contributed by atoms with Crippen LogP contribution in [0.2, 0.25) is 0 Å². The van der Waals surface area contributed by atoms with Crippen LogP contribution in [0.1, 0.15) is 21.7 Å². The highest BCUT2D eigenvalue weighted by atomic mass is 32.2. The highest BCUT2D eigenvalue weighted by Crippen LogP contribution is 2.16. The number of amides is 2. The third-order valence-corrected chi connectivity index (χ3v) is 5.63. The lowest BCUT2D eigenvalue weighted by atomic mass is 10.1. The van der Waals surface area contributed by atoms with E-state index < -0.39 is 15.9 Å². The molecule has 0 unspecified atom stereocenters. The van der Waals surface area contributed by atoms with Gasteiger partial charge in [-0.25, -0.2) is 23.5 Å². The molecule has 0 saturated heterocycles. The molecule has 0 bridgehead atoms. The Kier molecular flexibility index (Phi) is 6.82. The fourth-order valence-electron chi connectivity index (χ4n) is 2.44. The predicted molar refractivity (Wildman–Crippen MR) is 110 cm³/mol. The average molecular weight is 447 g/mol. The van der Waals surface area contributed by atoms with E-state index in [9.17, 15) is 18.0 Å². The van der Waals surface area contributed by atoms with E-state index in [0.717, 1.165) is 5.56 Å². The van der Waals surface area contributed by atoms with E-state index in [1.807, 2.05) is 0 Å². The van der Waals surface area contributed by atoms with Gasteiger partial charge in [0, 0.05) is 24.3 Å². The van der Waals surface area contributed by atoms with Gasteiger partial charge in [0.1, 0.15) is 5.69 Å². The minimum Gasteiger partial charge on any atom is -0.355 e. The number of benzene rings is 1. The highest BCUT2D eigenvalue weighted by molar-refractivity contribution is 7.89. The van der Waals surface area contributed by atoms with Gasteiger partial charge in [-0.3, -0.25) is 19.9 Å². The Morgan fingerprint density at radius 2 is 1.90 bits per heavy atom. The molecule has 0 aliphatic heterocycles. The van der Waals surface area contributed by atoms with Crippen molar-refractivity contribution in [3.63, 3.8) is 0 Å². The average Bonchev–Trinajstić information content (AvgIpc) is 3.15. The summed E-state index contributed by atoms with van der Waals surface area (Å²) in [5.41, 5.74) is 1.57. The van der Waals surface area contributed by atoms with Crippen molar-refractivity contribution >= 4 is 38.3 Å². The van der Waals surface area contributed by atoms with Gasteiger partial charge in [0.15, 0.2) is 5.13 Å². The van der Waals surface area contributed by atoms with E-state index in [-0.39, 0.29) is 22.9 Å². The molecule has 4 N–H and O–H groups in total. The molecule has 0 fully saturated rings. The summed E-state index contributed by atoms with van der Waals surface area (Å²) in [7, 11) is -3.72. The van der Waals surface area contributed by atoms with Crippen molar-refractivity contribution in [2.75, 3.05) is 11.9 Å². The van der Waals surface area contributed by atoms with Gasteiger partial charge in [-0.1, -0.05) is 12.1 Å². The van der Waals surface area contributed by atoms with Crippen LogP contribution in [0.3, 0.4) is 0 Å². The second-order valence-corrected chi connectivity index (χ2v) is 8.57. The summed E-state index contributed by atoms with van der Waals surface area (Å²) in [4.78, 5) is 36.1. The Morgan fingerprint density at radius 3 is 2.57 bits per heavy atom. The summed E-state index contributed by atoms with van der Waals surface area (Å²) in [6, 6.07) is 6.16. The maximum atomic E-state index is 12.1. The molecule has 0 saturated carbocycles. The number of hydrogen-bond acceptors (Lipinski definition) is 8. The predicted octanol–water partition coefficient (Wildman–Crippen LogP) is 0.734. The number of nitrogens with one attached hydrogen (secondary N) is 2. The number of anilines is 1. The van der Waals surface area contributed by atoms with Crippen molar-refractivity contribution in [3.8, 4) is 0 Å². The van der Waals surface area contributed by atoms with Crippen LogP contribution >= 0.6 is 11.3 Å². The highest BCUT2D eigenvalue weighted by Gasteiger charge is 2.12. The minimum atomic E-state index is -3.72. The van der Waals surface area contributed by atoms with E-state index in [2.05, 4.69) is 25.6 Å². The number of aromatic nitrogens is 3. The van der Waals surface area contributed by atoms with Crippen LogP contribution in [-0.2, 0) is 27.7 Å². The summed E-state index contributed by atoms with van der Waals surface area (Å²) >= 11 is 1.21. The molecule has 0 aliphatic carbocycles. The van der Waals surface area contributed by atoms with E-state index in [1.54, 1.807) is 17.5 Å². The minimum absolute atomic E-state index is 0.0426. The molecule has 0 atom stereocenters. The number of hydrogen-bond donors (Lipinski definition) is 3. The molecule has 3 aromatic rings. The molecule has 1 aromatic carbocycles. The number of thiazole rings is 1.